The van der Waals surface area contributed by atoms with Crippen LogP contribution in [0.1, 0.15) is 10.4 Å². The Labute approximate surface area is 154 Å². The molecule has 0 aliphatic heterocycles. The van der Waals surface area contributed by atoms with Gasteiger partial charge in [0.2, 0.25) is 0 Å². The molecule has 0 unspecified atom stereocenters. The van der Waals surface area contributed by atoms with Crippen LogP contribution in [0.3, 0.4) is 0 Å². The number of allylic oxidation sites excluding steroid dienone is 2. The molecule has 0 spiro atoms. The van der Waals surface area contributed by atoms with Gasteiger partial charge in [-0.2, -0.15) is 15.8 Å². The topological polar surface area (TPSA) is 139 Å². The summed E-state index contributed by atoms with van der Waals surface area (Å²) in [5.41, 5.74) is -0.969. The summed E-state index contributed by atoms with van der Waals surface area (Å²) in [4.78, 5) is 11.6. The maximum atomic E-state index is 11.6. The number of anilines is 1. The number of hydrogen-bond donors (Lipinski definition) is 2. The molecule has 0 aromatic heterocycles. The number of hydrogen-bond acceptors (Lipinski definition) is 7. The summed E-state index contributed by atoms with van der Waals surface area (Å²) in [6, 6.07) is 15.8. The summed E-state index contributed by atoms with van der Waals surface area (Å²) in [6.07, 6.45) is 0. The number of benzene rings is 2. The van der Waals surface area contributed by atoms with Gasteiger partial charge in [0.1, 0.15) is 29.7 Å². The number of nitrogens with one attached hydrogen (secondary N) is 1. The molecule has 8 nitrogen and oxygen atoms in total. The molecule has 0 saturated carbocycles. The Morgan fingerprint density at radius 1 is 1.04 bits per heavy atom. The predicted octanol–water partition coefficient (Wildman–Crippen LogP) is 3.42. The van der Waals surface area contributed by atoms with Gasteiger partial charge in [0.15, 0.2) is 17.1 Å². The monoisotopic (exact) mass is 360 g/mol. The fourth-order valence-electron chi connectivity index (χ4n) is 2.12. The Balaban J connectivity index is 2.42. The predicted molar refractivity (Wildman–Crippen MR) is 94.0 cm³/mol. The van der Waals surface area contributed by atoms with E-state index in [1.807, 2.05) is 0 Å². The maximum absolute atomic E-state index is 11.6. The second-order valence-electron chi connectivity index (χ2n) is 4.98. The fraction of sp³-hybridized carbons (Fsp3) is 0.0526. The first-order valence-corrected chi connectivity index (χ1v) is 7.43. The second-order valence-corrected chi connectivity index (χ2v) is 4.98. The number of carbonyl (C=O) groups is 1. The molecule has 2 aromatic rings. The molecule has 8 heteroatoms. The van der Waals surface area contributed by atoms with Crippen molar-refractivity contribution in [1.82, 2.24) is 0 Å². The highest BCUT2D eigenvalue weighted by Crippen LogP contribution is 2.33. The minimum absolute atomic E-state index is 0.0365. The van der Waals surface area contributed by atoms with E-state index in [0.717, 1.165) is 0 Å². The molecule has 2 N–H and O–H groups in total. The summed E-state index contributed by atoms with van der Waals surface area (Å²) >= 11 is 0. The highest BCUT2D eigenvalue weighted by Gasteiger charge is 2.16. The van der Waals surface area contributed by atoms with Crippen molar-refractivity contribution in [3.8, 4) is 35.5 Å². The fourth-order valence-corrected chi connectivity index (χ4v) is 2.12. The van der Waals surface area contributed by atoms with E-state index in [-0.39, 0.29) is 22.7 Å². The zero-order chi connectivity index (χ0) is 19.8. The Hall–Kier alpha value is -4.48. The first kappa shape index (κ1) is 18.9. The standard InChI is InChI=1S/C19H12N4O4/c1-26-17-4-2-3-5-18(17)27-13-6-7-15(14(8-13)19(24)25)23-16(11-22)12(9-20)10-21/h2-8,23H,1H3,(H,24,25). The molecule has 27 heavy (non-hydrogen) atoms. The number of nitriles is 3. The van der Waals surface area contributed by atoms with E-state index in [9.17, 15) is 9.90 Å². The first-order valence-electron chi connectivity index (χ1n) is 7.43. The maximum Gasteiger partial charge on any atom is 0.337 e. The lowest BCUT2D eigenvalue weighted by molar-refractivity contribution is 0.0697. The molecular weight excluding hydrogens is 348 g/mol. The van der Waals surface area contributed by atoms with Crippen molar-refractivity contribution in [1.29, 1.82) is 15.8 Å². The third kappa shape index (κ3) is 4.33. The number of carboxylic acid groups (broad SMARTS) is 1. The van der Waals surface area contributed by atoms with Gasteiger partial charge >= 0.3 is 5.97 Å². The van der Waals surface area contributed by atoms with E-state index in [4.69, 9.17) is 25.3 Å². The molecule has 0 aliphatic rings. The minimum Gasteiger partial charge on any atom is -0.493 e. The van der Waals surface area contributed by atoms with Crippen LogP contribution in [-0.2, 0) is 0 Å². The van der Waals surface area contributed by atoms with Crippen LogP contribution in [0.2, 0.25) is 0 Å². The minimum atomic E-state index is -1.28. The summed E-state index contributed by atoms with van der Waals surface area (Å²) < 4.78 is 10.8. The van der Waals surface area contributed by atoms with Crippen molar-refractivity contribution in [2.24, 2.45) is 0 Å². The number of carboxylic acids is 1. The van der Waals surface area contributed by atoms with Gasteiger partial charge in [-0.1, -0.05) is 12.1 Å². The van der Waals surface area contributed by atoms with Gasteiger partial charge in [-0.3, -0.25) is 0 Å². The molecule has 132 valence electrons. The van der Waals surface area contributed by atoms with E-state index in [0.29, 0.717) is 11.5 Å². The van der Waals surface area contributed by atoms with Crippen molar-refractivity contribution in [2.45, 2.75) is 0 Å². The summed E-state index contributed by atoms with van der Waals surface area (Å²) in [7, 11) is 1.48. The lowest BCUT2D eigenvalue weighted by Gasteiger charge is -2.13. The number of methoxy groups -OCH3 is 1. The molecular formula is C19H12N4O4. The van der Waals surface area contributed by atoms with Crippen molar-refractivity contribution in [3.05, 3.63) is 59.3 Å². The third-order valence-electron chi connectivity index (χ3n) is 3.36. The van der Waals surface area contributed by atoms with Gasteiger partial charge in [-0.15, -0.1) is 0 Å². The van der Waals surface area contributed by atoms with Crippen LogP contribution in [0, 0.1) is 34.0 Å². The molecule has 2 aromatic carbocycles. The largest absolute Gasteiger partial charge is 0.493 e. The quantitative estimate of drug-likeness (QED) is 0.747. The second kappa shape index (κ2) is 8.57. The Morgan fingerprint density at radius 2 is 1.70 bits per heavy atom. The van der Waals surface area contributed by atoms with Gasteiger partial charge < -0.3 is 19.9 Å². The normalized spacial score (nSPS) is 9.11. The molecule has 2 rings (SSSR count). The van der Waals surface area contributed by atoms with Gasteiger partial charge in [-0.25, -0.2) is 4.79 Å². The number of aromatic carboxylic acids is 1. The van der Waals surface area contributed by atoms with E-state index < -0.39 is 11.5 Å². The van der Waals surface area contributed by atoms with Crippen molar-refractivity contribution < 1.29 is 19.4 Å². The van der Waals surface area contributed by atoms with E-state index >= 15 is 0 Å². The van der Waals surface area contributed by atoms with Crippen molar-refractivity contribution in [2.75, 3.05) is 12.4 Å². The van der Waals surface area contributed by atoms with E-state index in [1.165, 1.54) is 25.3 Å². The van der Waals surface area contributed by atoms with Crippen LogP contribution >= 0.6 is 0 Å². The van der Waals surface area contributed by atoms with Gasteiger partial charge in [0, 0.05) is 0 Å². The van der Waals surface area contributed by atoms with Gasteiger partial charge in [-0.05, 0) is 30.3 Å². The average Bonchev–Trinajstić information content (AvgIpc) is 2.69. The average molecular weight is 360 g/mol. The molecule has 0 saturated heterocycles. The summed E-state index contributed by atoms with van der Waals surface area (Å²) in [5.74, 6) is -0.189. The molecule has 0 bridgehead atoms. The Morgan fingerprint density at radius 3 is 2.26 bits per heavy atom. The lowest BCUT2D eigenvalue weighted by atomic mass is 10.1. The van der Waals surface area contributed by atoms with Crippen LogP contribution < -0.4 is 14.8 Å². The zero-order valence-corrected chi connectivity index (χ0v) is 14.1. The van der Waals surface area contributed by atoms with Crippen molar-refractivity contribution >= 4 is 11.7 Å². The number of nitrogens with zero attached hydrogens (tertiary/aromatic N) is 3. The Kier molecular flexibility index (Phi) is 5.98. The van der Waals surface area contributed by atoms with Gasteiger partial charge in [0.05, 0.1) is 18.4 Å². The molecule has 0 atom stereocenters. The van der Waals surface area contributed by atoms with Crippen LogP contribution in [0.15, 0.2) is 53.7 Å². The highest BCUT2D eigenvalue weighted by atomic mass is 16.5. The number of para-hydroxylation sites is 2. The van der Waals surface area contributed by atoms with Crippen LogP contribution in [0.4, 0.5) is 5.69 Å². The van der Waals surface area contributed by atoms with Crippen molar-refractivity contribution in [3.63, 3.8) is 0 Å². The zero-order valence-electron chi connectivity index (χ0n) is 14.1. The van der Waals surface area contributed by atoms with E-state index in [2.05, 4.69) is 5.32 Å². The van der Waals surface area contributed by atoms with Crippen LogP contribution in [-0.4, -0.2) is 18.2 Å². The highest BCUT2D eigenvalue weighted by molar-refractivity contribution is 5.95. The third-order valence-corrected chi connectivity index (χ3v) is 3.36. The summed E-state index contributed by atoms with van der Waals surface area (Å²) in [6.45, 7) is 0. The SMILES string of the molecule is COc1ccccc1Oc1ccc(NC(C#N)=C(C#N)C#N)c(C(=O)O)c1. The molecule has 0 amide bonds. The molecule has 0 aliphatic carbocycles. The smallest absolute Gasteiger partial charge is 0.337 e. The molecule has 0 heterocycles. The van der Waals surface area contributed by atoms with Gasteiger partial charge in [0.25, 0.3) is 0 Å². The number of rotatable bonds is 6. The molecule has 0 fully saturated rings. The molecule has 0 radical (unpaired) electrons. The van der Waals surface area contributed by atoms with Crippen LogP contribution in [0.5, 0.6) is 17.2 Å². The summed E-state index contributed by atoms with van der Waals surface area (Å²) in [5, 5.41) is 38.8. The van der Waals surface area contributed by atoms with Crippen LogP contribution in [0.25, 0.3) is 0 Å². The first-order chi connectivity index (χ1) is 13.0. The lowest BCUT2D eigenvalue weighted by Crippen LogP contribution is -2.07. The van der Waals surface area contributed by atoms with E-state index in [1.54, 1.807) is 42.5 Å². The number of ether oxygens (including phenoxy) is 2. The Bertz CT molecular complexity index is 1020.